The van der Waals surface area contributed by atoms with Crippen LogP contribution in [0.3, 0.4) is 0 Å². The molecule has 0 amide bonds. The van der Waals surface area contributed by atoms with Crippen LogP contribution in [0.2, 0.25) is 0 Å². The molecule has 0 bridgehead atoms. The van der Waals surface area contributed by atoms with Crippen molar-refractivity contribution in [3.05, 3.63) is 29.8 Å². The molecule has 1 aliphatic heterocycles. The van der Waals surface area contributed by atoms with Crippen molar-refractivity contribution < 1.29 is 13.2 Å². The van der Waals surface area contributed by atoms with E-state index in [0.29, 0.717) is 31.5 Å². The largest absolute Gasteiger partial charge is 0.326 e. The molecular formula is C13H19ClN2O3S. The van der Waals surface area contributed by atoms with E-state index in [0.717, 1.165) is 0 Å². The van der Waals surface area contributed by atoms with Crippen molar-refractivity contribution in [2.45, 2.75) is 30.7 Å². The Morgan fingerprint density at radius 1 is 1.45 bits per heavy atom. The maximum absolute atomic E-state index is 12.4. The standard InChI is InChI=1S/C13H18N2O3S.ClH/c1-2-13(16)10-4-3-5-12(8-10)19(17,18)15-7-6-11(14)9-15;/h3-5,8,11H,2,6-7,9,14H2,1H3;1H/t11-;/m1./s1. The average molecular weight is 319 g/mol. The van der Waals surface area contributed by atoms with Crippen LogP contribution in [-0.2, 0) is 10.0 Å². The van der Waals surface area contributed by atoms with E-state index in [1.54, 1.807) is 19.1 Å². The molecule has 1 heterocycles. The fourth-order valence-corrected chi connectivity index (χ4v) is 3.71. The highest BCUT2D eigenvalue weighted by Gasteiger charge is 2.31. The van der Waals surface area contributed by atoms with Crippen molar-refractivity contribution in [1.82, 2.24) is 4.31 Å². The number of benzene rings is 1. The van der Waals surface area contributed by atoms with Gasteiger partial charge < -0.3 is 5.73 Å². The van der Waals surface area contributed by atoms with Crippen molar-refractivity contribution in [3.63, 3.8) is 0 Å². The molecule has 0 saturated carbocycles. The molecule has 0 aliphatic carbocycles. The number of halogens is 1. The number of rotatable bonds is 4. The molecule has 0 aromatic heterocycles. The highest BCUT2D eigenvalue weighted by molar-refractivity contribution is 7.89. The third kappa shape index (κ3) is 3.38. The number of nitrogens with zero attached hydrogens (tertiary/aromatic N) is 1. The minimum Gasteiger partial charge on any atom is -0.326 e. The van der Waals surface area contributed by atoms with Gasteiger partial charge in [0.15, 0.2) is 5.78 Å². The predicted molar refractivity (Wildman–Crippen MR) is 79.7 cm³/mol. The van der Waals surface area contributed by atoms with Gasteiger partial charge in [0.2, 0.25) is 10.0 Å². The molecule has 112 valence electrons. The zero-order valence-electron chi connectivity index (χ0n) is 11.3. The second-order valence-electron chi connectivity index (χ2n) is 4.72. The molecule has 0 unspecified atom stereocenters. The molecule has 1 aromatic carbocycles. The van der Waals surface area contributed by atoms with Crippen LogP contribution in [0.1, 0.15) is 30.1 Å². The number of Topliss-reactive ketones (excluding diaryl/α,β-unsaturated/α-hetero) is 1. The predicted octanol–water partition coefficient (Wildman–Crippen LogP) is 1.42. The summed E-state index contributed by atoms with van der Waals surface area (Å²) in [7, 11) is -3.53. The summed E-state index contributed by atoms with van der Waals surface area (Å²) in [6.07, 6.45) is 1.03. The minimum absolute atomic E-state index is 0. The second kappa shape index (κ2) is 6.67. The SMILES string of the molecule is CCC(=O)c1cccc(S(=O)(=O)N2CC[C@@H](N)C2)c1.Cl. The topological polar surface area (TPSA) is 80.5 Å². The summed E-state index contributed by atoms with van der Waals surface area (Å²) in [5.74, 6) is -0.0600. The highest BCUT2D eigenvalue weighted by atomic mass is 35.5. The fourth-order valence-electron chi connectivity index (χ4n) is 2.16. The van der Waals surface area contributed by atoms with Crippen molar-refractivity contribution in [3.8, 4) is 0 Å². The molecule has 1 fully saturated rings. The van der Waals surface area contributed by atoms with Crippen molar-refractivity contribution >= 4 is 28.2 Å². The summed E-state index contributed by atoms with van der Waals surface area (Å²) in [6, 6.07) is 6.11. The summed E-state index contributed by atoms with van der Waals surface area (Å²) in [5, 5.41) is 0. The van der Waals surface area contributed by atoms with Gasteiger partial charge in [-0.15, -0.1) is 12.4 Å². The molecule has 2 rings (SSSR count). The number of carbonyl (C=O) groups is 1. The first-order chi connectivity index (χ1) is 8.95. The van der Waals surface area contributed by atoms with Gasteiger partial charge in [-0.3, -0.25) is 4.79 Å². The van der Waals surface area contributed by atoms with Gasteiger partial charge in [0, 0.05) is 31.1 Å². The van der Waals surface area contributed by atoms with E-state index in [2.05, 4.69) is 0 Å². The maximum Gasteiger partial charge on any atom is 0.243 e. The van der Waals surface area contributed by atoms with Gasteiger partial charge >= 0.3 is 0 Å². The molecule has 1 aliphatic rings. The van der Waals surface area contributed by atoms with E-state index >= 15 is 0 Å². The minimum atomic E-state index is -3.53. The van der Waals surface area contributed by atoms with E-state index in [1.165, 1.54) is 16.4 Å². The molecule has 0 spiro atoms. The van der Waals surface area contributed by atoms with Crippen molar-refractivity contribution in [2.75, 3.05) is 13.1 Å². The normalized spacial score (nSPS) is 19.6. The van der Waals surface area contributed by atoms with Crippen molar-refractivity contribution in [1.29, 1.82) is 0 Å². The first kappa shape index (κ1) is 17.1. The van der Waals surface area contributed by atoms with E-state index in [9.17, 15) is 13.2 Å². The van der Waals surface area contributed by atoms with Gasteiger partial charge in [0.25, 0.3) is 0 Å². The summed E-state index contributed by atoms with van der Waals surface area (Å²) >= 11 is 0. The Hall–Kier alpha value is -0.950. The molecule has 20 heavy (non-hydrogen) atoms. The number of nitrogens with two attached hydrogens (primary N) is 1. The van der Waals surface area contributed by atoms with Crippen LogP contribution in [0.5, 0.6) is 0 Å². The number of ketones is 1. The van der Waals surface area contributed by atoms with Gasteiger partial charge in [-0.05, 0) is 18.6 Å². The Morgan fingerprint density at radius 3 is 2.70 bits per heavy atom. The van der Waals surface area contributed by atoms with Crippen LogP contribution < -0.4 is 5.73 Å². The Balaban J connectivity index is 0.00000200. The highest BCUT2D eigenvalue weighted by Crippen LogP contribution is 2.21. The number of sulfonamides is 1. The molecule has 1 atom stereocenters. The quantitative estimate of drug-likeness (QED) is 0.851. The molecular weight excluding hydrogens is 300 g/mol. The maximum atomic E-state index is 12.4. The Labute approximate surface area is 125 Å². The molecule has 1 saturated heterocycles. The van der Waals surface area contributed by atoms with Crippen LogP contribution in [0.25, 0.3) is 0 Å². The van der Waals surface area contributed by atoms with E-state index < -0.39 is 10.0 Å². The average Bonchev–Trinajstić information content (AvgIpc) is 2.85. The zero-order chi connectivity index (χ0) is 14.0. The Kier molecular flexibility index (Phi) is 5.70. The van der Waals surface area contributed by atoms with Crippen LogP contribution in [0.15, 0.2) is 29.2 Å². The molecule has 0 radical (unpaired) electrons. The number of hydrogen-bond donors (Lipinski definition) is 1. The lowest BCUT2D eigenvalue weighted by Crippen LogP contribution is -2.32. The zero-order valence-corrected chi connectivity index (χ0v) is 12.9. The van der Waals surface area contributed by atoms with Crippen LogP contribution >= 0.6 is 12.4 Å². The first-order valence-corrected chi connectivity index (χ1v) is 7.78. The summed E-state index contributed by atoms with van der Waals surface area (Å²) in [5.41, 5.74) is 6.18. The summed E-state index contributed by atoms with van der Waals surface area (Å²) < 4.78 is 26.2. The lowest BCUT2D eigenvalue weighted by atomic mass is 10.1. The van der Waals surface area contributed by atoms with Crippen LogP contribution in [0.4, 0.5) is 0 Å². The van der Waals surface area contributed by atoms with E-state index in [4.69, 9.17) is 5.73 Å². The second-order valence-corrected chi connectivity index (χ2v) is 6.65. The van der Waals surface area contributed by atoms with Gasteiger partial charge in [-0.2, -0.15) is 4.31 Å². The number of hydrogen-bond acceptors (Lipinski definition) is 4. The Bertz CT molecular complexity index is 589. The third-order valence-corrected chi connectivity index (χ3v) is 5.16. The Morgan fingerprint density at radius 2 is 2.15 bits per heavy atom. The lowest BCUT2D eigenvalue weighted by Gasteiger charge is -2.16. The first-order valence-electron chi connectivity index (χ1n) is 6.34. The van der Waals surface area contributed by atoms with Gasteiger partial charge in [0.1, 0.15) is 0 Å². The smallest absolute Gasteiger partial charge is 0.243 e. The summed E-state index contributed by atoms with van der Waals surface area (Å²) in [6.45, 7) is 2.53. The molecule has 2 N–H and O–H groups in total. The molecule has 1 aromatic rings. The molecule has 5 nitrogen and oxygen atoms in total. The van der Waals surface area contributed by atoms with E-state index in [1.807, 2.05) is 0 Å². The lowest BCUT2D eigenvalue weighted by molar-refractivity contribution is 0.0988. The van der Waals surface area contributed by atoms with Crippen molar-refractivity contribution in [2.24, 2.45) is 5.73 Å². The summed E-state index contributed by atoms with van der Waals surface area (Å²) in [4.78, 5) is 11.8. The third-order valence-electron chi connectivity index (χ3n) is 3.30. The van der Waals surface area contributed by atoms with Gasteiger partial charge in [-0.1, -0.05) is 19.1 Å². The van der Waals surface area contributed by atoms with Gasteiger partial charge in [0.05, 0.1) is 4.90 Å². The van der Waals surface area contributed by atoms with Crippen LogP contribution in [-0.4, -0.2) is 37.6 Å². The monoisotopic (exact) mass is 318 g/mol. The fraction of sp³-hybridized carbons (Fsp3) is 0.462. The number of carbonyl (C=O) groups excluding carboxylic acids is 1. The van der Waals surface area contributed by atoms with Crippen LogP contribution in [0, 0.1) is 0 Å². The van der Waals surface area contributed by atoms with Gasteiger partial charge in [-0.25, -0.2) is 8.42 Å². The van der Waals surface area contributed by atoms with E-state index in [-0.39, 0.29) is 29.1 Å². The molecule has 7 heteroatoms.